The van der Waals surface area contributed by atoms with E-state index in [1.54, 1.807) is 6.08 Å². The zero-order valence-corrected chi connectivity index (χ0v) is 13.4. The maximum Gasteiger partial charge on any atom is 0.265 e. The molecular weight excluding hydrogens is 292 g/mol. The van der Waals surface area contributed by atoms with Crippen molar-refractivity contribution >= 4 is 17.9 Å². The van der Waals surface area contributed by atoms with Crippen LogP contribution in [-0.4, -0.2) is 40.9 Å². The zero-order valence-electron chi connectivity index (χ0n) is 13.4. The van der Waals surface area contributed by atoms with Crippen LogP contribution in [0.5, 0.6) is 0 Å². The molecule has 0 aromatic carbocycles. The van der Waals surface area contributed by atoms with Gasteiger partial charge >= 0.3 is 0 Å². The van der Waals surface area contributed by atoms with Crippen molar-refractivity contribution in [3.63, 3.8) is 0 Å². The predicted molar refractivity (Wildman–Crippen MR) is 85.4 cm³/mol. The molecule has 6 heteroatoms. The van der Waals surface area contributed by atoms with Crippen LogP contribution >= 0.6 is 0 Å². The fourth-order valence-electron chi connectivity index (χ4n) is 3.12. The Morgan fingerprint density at radius 1 is 1.43 bits per heavy atom. The number of nitrogens with zero attached hydrogens (tertiary/aromatic N) is 3. The predicted octanol–water partition coefficient (Wildman–Crippen LogP) is 1.31. The Morgan fingerprint density at radius 3 is 2.78 bits per heavy atom. The minimum Gasteiger partial charge on any atom is -0.353 e. The summed E-state index contributed by atoms with van der Waals surface area (Å²) >= 11 is 0. The Hall–Kier alpha value is -2.55. The number of nitrogens with one attached hydrogen (secondary N) is 1. The standard InChI is InChI=1S/C17H20N4O2/c1-11-7-13(12(2)21(11)15-3-4-15)8-14(9-18)17(23)20-6-5-19-16(22)10-20/h7-8,15H,3-6,10H2,1-2H3,(H,19,22)/b14-8-. The summed E-state index contributed by atoms with van der Waals surface area (Å²) < 4.78 is 2.28. The topological polar surface area (TPSA) is 78.1 Å². The van der Waals surface area contributed by atoms with Gasteiger partial charge in [-0.3, -0.25) is 9.59 Å². The van der Waals surface area contributed by atoms with Crippen LogP contribution < -0.4 is 5.32 Å². The smallest absolute Gasteiger partial charge is 0.265 e. The van der Waals surface area contributed by atoms with Crippen molar-refractivity contribution in [1.29, 1.82) is 5.26 Å². The minimum atomic E-state index is -0.376. The normalized spacial score (nSPS) is 18.6. The highest BCUT2D eigenvalue weighted by molar-refractivity contribution is 6.03. The van der Waals surface area contributed by atoms with E-state index in [1.807, 2.05) is 26.0 Å². The lowest BCUT2D eigenvalue weighted by Gasteiger charge is -2.26. The van der Waals surface area contributed by atoms with Crippen LogP contribution in [0.4, 0.5) is 0 Å². The van der Waals surface area contributed by atoms with Crippen LogP contribution in [0, 0.1) is 25.2 Å². The average molecular weight is 312 g/mol. The molecule has 120 valence electrons. The third-order valence-electron chi connectivity index (χ3n) is 4.41. The van der Waals surface area contributed by atoms with Crippen LogP contribution in [0.15, 0.2) is 11.6 Å². The molecule has 1 N–H and O–H groups in total. The Morgan fingerprint density at radius 2 is 2.17 bits per heavy atom. The summed E-state index contributed by atoms with van der Waals surface area (Å²) in [6, 6.07) is 4.57. The van der Waals surface area contributed by atoms with Crippen molar-refractivity contribution in [2.75, 3.05) is 19.6 Å². The first kappa shape index (κ1) is 15.3. The zero-order chi connectivity index (χ0) is 16.6. The Balaban J connectivity index is 1.87. The van der Waals surface area contributed by atoms with Crippen molar-refractivity contribution in [2.45, 2.75) is 32.7 Å². The number of hydrogen-bond donors (Lipinski definition) is 1. The van der Waals surface area contributed by atoms with Gasteiger partial charge in [0, 0.05) is 30.5 Å². The van der Waals surface area contributed by atoms with E-state index in [0.717, 1.165) is 17.0 Å². The van der Waals surface area contributed by atoms with Crippen molar-refractivity contribution in [1.82, 2.24) is 14.8 Å². The SMILES string of the molecule is Cc1cc(/C=C(/C#N)C(=O)N2CCNC(=O)C2)c(C)n1C1CC1. The van der Waals surface area contributed by atoms with Crippen molar-refractivity contribution in [3.05, 3.63) is 28.6 Å². The molecule has 2 heterocycles. The van der Waals surface area contributed by atoms with Gasteiger partial charge in [0.25, 0.3) is 5.91 Å². The van der Waals surface area contributed by atoms with Gasteiger partial charge in [0.05, 0.1) is 6.54 Å². The molecule has 6 nitrogen and oxygen atoms in total. The highest BCUT2D eigenvalue weighted by Gasteiger charge is 2.28. The van der Waals surface area contributed by atoms with E-state index in [-0.39, 0.29) is 23.9 Å². The quantitative estimate of drug-likeness (QED) is 0.675. The van der Waals surface area contributed by atoms with Gasteiger partial charge in [-0.15, -0.1) is 0 Å². The number of nitriles is 1. The van der Waals surface area contributed by atoms with E-state index in [4.69, 9.17) is 0 Å². The van der Waals surface area contributed by atoms with Crippen LogP contribution in [0.3, 0.4) is 0 Å². The number of hydrogen-bond acceptors (Lipinski definition) is 3. The van der Waals surface area contributed by atoms with Gasteiger partial charge in [0.15, 0.2) is 0 Å². The Bertz CT molecular complexity index is 735. The number of carbonyl (C=O) groups is 2. The molecule has 0 atom stereocenters. The average Bonchev–Trinajstić information content (AvgIpc) is 3.31. The third kappa shape index (κ3) is 3.00. The number of aromatic nitrogens is 1. The molecule has 2 aliphatic rings. The summed E-state index contributed by atoms with van der Waals surface area (Å²) in [5, 5.41) is 12.0. The van der Waals surface area contributed by atoms with E-state index >= 15 is 0 Å². The van der Waals surface area contributed by atoms with Crippen molar-refractivity contribution in [3.8, 4) is 6.07 Å². The summed E-state index contributed by atoms with van der Waals surface area (Å²) in [6.45, 7) is 4.94. The summed E-state index contributed by atoms with van der Waals surface area (Å²) in [5.41, 5.74) is 3.22. The number of rotatable bonds is 3. The van der Waals surface area contributed by atoms with Crippen LogP contribution in [0.1, 0.15) is 35.8 Å². The maximum atomic E-state index is 12.5. The molecule has 23 heavy (non-hydrogen) atoms. The number of aryl methyl sites for hydroxylation is 1. The molecule has 1 aliphatic carbocycles. The molecule has 1 aromatic heterocycles. The molecule has 0 bridgehead atoms. The lowest BCUT2D eigenvalue weighted by Crippen LogP contribution is -2.50. The van der Waals surface area contributed by atoms with Crippen molar-refractivity contribution < 1.29 is 9.59 Å². The Kier molecular flexibility index (Phi) is 3.95. The second kappa shape index (κ2) is 5.92. The second-order valence-corrected chi connectivity index (χ2v) is 6.17. The molecule has 2 amide bonds. The number of carbonyl (C=O) groups excluding carboxylic acids is 2. The van der Waals surface area contributed by atoms with E-state index in [2.05, 4.69) is 9.88 Å². The summed E-state index contributed by atoms with van der Waals surface area (Å²) in [5.74, 6) is -0.563. The highest BCUT2D eigenvalue weighted by Crippen LogP contribution is 2.38. The molecule has 1 saturated carbocycles. The van der Waals surface area contributed by atoms with Gasteiger partial charge in [-0.05, 0) is 44.4 Å². The van der Waals surface area contributed by atoms with E-state index < -0.39 is 0 Å². The van der Waals surface area contributed by atoms with Gasteiger partial charge < -0.3 is 14.8 Å². The fraction of sp³-hybridized carbons (Fsp3) is 0.471. The monoisotopic (exact) mass is 312 g/mol. The first-order valence-electron chi connectivity index (χ1n) is 7.87. The molecule has 1 saturated heterocycles. The highest BCUT2D eigenvalue weighted by atomic mass is 16.2. The maximum absolute atomic E-state index is 12.5. The molecule has 1 aliphatic heterocycles. The third-order valence-corrected chi connectivity index (χ3v) is 4.41. The number of amides is 2. The lowest BCUT2D eigenvalue weighted by atomic mass is 10.1. The second-order valence-electron chi connectivity index (χ2n) is 6.17. The fourth-order valence-corrected chi connectivity index (χ4v) is 3.12. The van der Waals surface area contributed by atoms with Crippen molar-refractivity contribution in [2.24, 2.45) is 0 Å². The summed E-state index contributed by atoms with van der Waals surface area (Å²) in [6.07, 6.45) is 4.02. The van der Waals surface area contributed by atoms with E-state index in [1.165, 1.54) is 17.7 Å². The van der Waals surface area contributed by atoms with Crippen LogP contribution in [0.25, 0.3) is 6.08 Å². The molecule has 2 fully saturated rings. The first-order valence-corrected chi connectivity index (χ1v) is 7.87. The van der Waals surface area contributed by atoms with E-state index in [9.17, 15) is 14.9 Å². The van der Waals surface area contributed by atoms with Gasteiger partial charge in [-0.2, -0.15) is 5.26 Å². The molecule has 0 radical (unpaired) electrons. The summed E-state index contributed by atoms with van der Waals surface area (Å²) in [4.78, 5) is 25.3. The first-order chi connectivity index (χ1) is 11.0. The molecular formula is C17H20N4O2. The van der Waals surface area contributed by atoms with Gasteiger partial charge in [-0.25, -0.2) is 0 Å². The summed E-state index contributed by atoms with van der Waals surface area (Å²) in [7, 11) is 0. The van der Waals surface area contributed by atoms with Crippen LogP contribution in [0.2, 0.25) is 0 Å². The number of piperazine rings is 1. The molecule has 1 aromatic rings. The lowest BCUT2D eigenvalue weighted by molar-refractivity contribution is -0.135. The largest absolute Gasteiger partial charge is 0.353 e. The van der Waals surface area contributed by atoms with Crippen LogP contribution in [-0.2, 0) is 9.59 Å². The molecule has 0 unspecified atom stereocenters. The van der Waals surface area contributed by atoms with Gasteiger partial charge in [0.2, 0.25) is 5.91 Å². The van der Waals surface area contributed by atoms with Gasteiger partial charge in [-0.1, -0.05) is 0 Å². The minimum absolute atomic E-state index is 0.0128. The Labute approximate surface area is 135 Å². The van der Waals surface area contributed by atoms with Gasteiger partial charge in [0.1, 0.15) is 11.6 Å². The molecule has 0 spiro atoms. The molecule has 3 rings (SSSR count). The van der Waals surface area contributed by atoms with E-state index in [0.29, 0.717) is 19.1 Å².